The Hall–Kier alpha value is -1.49. The van der Waals surface area contributed by atoms with E-state index in [1.54, 1.807) is 0 Å². The first-order chi connectivity index (χ1) is 11.6. The van der Waals surface area contributed by atoms with E-state index in [-0.39, 0.29) is 28.9 Å². The Labute approximate surface area is 141 Å². The van der Waals surface area contributed by atoms with Crippen molar-refractivity contribution in [3.63, 3.8) is 0 Å². The number of hydrogen-bond acceptors (Lipinski definition) is 6. The lowest BCUT2D eigenvalue weighted by Gasteiger charge is -2.21. The van der Waals surface area contributed by atoms with Crippen molar-refractivity contribution in [1.29, 1.82) is 0 Å². The molecule has 2 unspecified atom stereocenters. The van der Waals surface area contributed by atoms with Gasteiger partial charge in [-0.1, -0.05) is 0 Å². The summed E-state index contributed by atoms with van der Waals surface area (Å²) in [6.45, 7) is 2.08. The number of hydrogen-bond donors (Lipinski definition) is 3. The Morgan fingerprint density at radius 1 is 1.50 bits per heavy atom. The van der Waals surface area contributed by atoms with Crippen LogP contribution in [0.15, 0.2) is 17.1 Å². The van der Waals surface area contributed by atoms with E-state index in [1.807, 2.05) is 0 Å². The molecule has 1 aromatic heterocycles. The molecule has 2 fully saturated rings. The van der Waals surface area contributed by atoms with Gasteiger partial charge in [0.2, 0.25) is 5.91 Å². The van der Waals surface area contributed by atoms with Gasteiger partial charge in [-0.3, -0.25) is 19.8 Å². The van der Waals surface area contributed by atoms with Crippen molar-refractivity contribution in [1.82, 2.24) is 20.1 Å². The third-order valence-electron chi connectivity index (χ3n) is 3.92. The molecule has 0 spiro atoms. The maximum absolute atomic E-state index is 13.6. The van der Waals surface area contributed by atoms with Crippen molar-refractivity contribution in [2.24, 2.45) is 0 Å². The molecule has 132 valence electrons. The second-order valence-corrected chi connectivity index (χ2v) is 6.90. The summed E-state index contributed by atoms with van der Waals surface area (Å²) in [4.78, 5) is 26.1. The number of carbonyl (C=O) groups is 1. The van der Waals surface area contributed by atoms with Crippen LogP contribution in [0.3, 0.4) is 0 Å². The average Bonchev–Trinajstić information content (AvgIpc) is 3.23. The largest absolute Gasteiger partial charge is 0.324 e. The fourth-order valence-electron chi connectivity index (χ4n) is 2.70. The maximum atomic E-state index is 13.6. The molecule has 0 aliphatic carbocycles. The van der Waals surface area contributed by atoms with E-state index in [0.717, 1.165) is 30.4 Å². The Kier molecular flexibility index (Phi) is 5.49. The summed E-state index contributed by atoms with van der Waals surface area (Å²) >= 11 is 1.50. The van der Waals surface area contributed by atoms with E-state index in [1.165, 1.54) is 18.0 Å². The molecule has 2 atom stereocenters. The zero-order valence-corrected chi connectivity index (χ0v) is 13.7. The van der Waals surface area contributed by atoms with Crippen molar-refractivity contribution in [2.45, 2.75) is 17.3 Å². The van der Waals surface area contributed by atoms with E-state index in [2.05, 4.69) is 20.9 Å². The number of thioether (sulfide) groups is 1. The zero-order valence-electron chi connectivity index (χ0n) is 12.9. The fourth-order valence-corrected chi connectivity index (χ4v) is 3.93. The molecular weight excluding hydrogens is 340 g/mol. The van der Waals surface area contributed by atoms with Crippen molar-refractivity contribution in [3.05, 3.63) is 28.4 Å². The number of amides is 1. The number of nitrogens with one attached hydrogen (secondary N) is 3. The standard InChI is InChI=1S/C14H19F2N5O2S/c15-1-3-20-7-9(5-10(16)13(20)23)19-12(22)11-6-18-14(24-11)21-4-2-17-8-21/h5,7,11,14,17-18H,1-4,6,8H2,(H,19,22). The molecule has 0 saturated carbocycles. The first-order valence-corrected chi connectivity index (χ1v) is 8.63. The Morgan fingerprint density at radius 3 is 3.04 bits per heavy atom. The van der Waals surface area contributed by atoms with E-state index >= 15 is 0 Å². The van der Waals surface area contributed by atoms with Crippen LogP contribution in [-0.4, -0.2) is 59.1 Å². The summed E-state index contributed by atoms with van der Waals surface area (Å²) in [5.41, 5.74) is -0.686. The van der Waals surface area contributed by atoms with Crippen LogP contribution in [0.5, 0.6) is 0 Å². The maximum Gasteiger partial charge on any atom is 0.286 e. The normalized spacial score (nSPS) is 24.4. The van der Waals surface area contributed by atoms with Crippen LogP contribution >= 0.6 is 11.8 Å². The molecule has 0 radical (unpaired) electrons. The highest BCUT2D eigenvalue weighted by atomic mass is 32.2. The number of pyridine rings is 1. The molecule has 3 rings (SSSR count). The number of aryl methyl sites for hydroxylation is 1. The number of carbonyl (C=O) groups excluding carboxylic acids is 1. The highest BCUT2D eigenvalue weighted by molar-refractivity contribution is 8.01. The lowest BCUT2D eigenvalue weighted by molar-refractivity contribution is -0.115. The van der Waals surface area contributed by atoms with Crippen molar-refractivity contribution in [2.75, 3.05) is 38.3 Å². The van der Waals surface area contributed by atoms with Gasteiger partial charge in [-0.05, 0) is 0 Å². The summed E-state index contributed by atoms with van der Waals surface area (Å²) in [5, 5.41) is 8.79. The third kappa shape index (κ3) is 3.77. The Morgan fingerprint density at radius 2 is 2.33 bits per heavy atom. The molecule has 0 aromatic carbocycles. The van der Waals surface area contributed by atoms with E-state index in [9.17, 15) is 18.4 Å². The molecule has 2 aliphatic heterocycles. The monoisotopic (exact) mass is 359 g/mol. The molecule has 3 N–H and O–H groups in total. The molecule has 2 saturated heterocycles. The third-order valence-corrected chi connectivity index (χ3v) is 5.35. The summed E-state index contributed by atoms with van der Waals surface area (Å²) in [5.74, 6) is -1.29. The number of alkyl halides is 1. The van der Waals surface area contributed by atoms with Gasteiger partial charge in [0.05, 0.1) is 24.2 Å². The summed E-state index contributed by atoms with van der Waals surface area (Å²) < 4.78 is 27.0. The second kappa shape index (κ2) is 7.60. The molecule has 0 bridgehead atoms. The minimum Gasteiger partial charge on any atom is -0.324 e. The predicted octanol–water partition coefficient (Wildman–Crippen LogP) is -0.253. The molecule has 1 aromatic rings. The number of aromatic nitrogens is 1. The van der Waals surface area contributed by atoms with E-state index in [4.69, 9.17) is 0 Å². The summed E-state index contributed by atoms with van der Waals surface area (Å²) in [6, 6.07) is 0.962. The molecular formula is C14H19F2N5O2S. The Balaban J connectivity index is 1.63. The van der Waals surface area contributed by atoms with Crippen LogP contribution in [-0.2, 0) is 11.3 Å². The highest BCUT2D eigenvalue weighted by Crippen LogP contribution is 2.26. The van der Waals surface area contributed by atoms with Crippen LogP contribution < -0.4 is 21.5 Å². The van der Waals surface area contributed by atoms with Gasteiger partial charge in [0.15, 0.2) is 5.82 Å². The molecule has 10 heteroatoms. The lowest BCUT2D eigenvalue weighted by Crippen LogP contribution is -2.39. The summed E-state index contributed by atoms with van der Waals surface area (Å²) in [6.07, 6.45) is 1.26. The van der Waals surface area contributed by atoms with Gasteiger partial charge in [0, 0.05) is 31.9 Å². The van der Waals surface area contributed by atoms with Crippen LogP contribution in [0, 0.1) is 5.82 Å². The first kappa shape index (κ1) is 17.3. The molecule has 2 aliphatic rings. The lowest BCUT2D eigenvalue weighted by atomic mass is 10.3. The molecule has 3 heterocycles. The van der Waals surface area contributed by atoms with E-state index in [0.29, 0.717) is 6.54 Å². The minimum atomic E-state index is -1.01. The van der Waals surface area contributed by atoms with Crippen molar-refractivity contribution in [3.8, 4) is 0 Å². The smallest absolute Gasteiger partial charge is 0.286 e. The average molecular weight is 359 g/mol. The van der Waals surface area contributed by atoms with Gasteiger partial charge in [-0.2, -0.15) is 0 Å². The highest BCUT2D eigenvalue weighted by Gasteiger charge is 2.34. The molecule has 1 amide bonds. The zero-order chi connectivity index (χ0) is 17.1. The number of nitrogens with zero attached hydrogens (tertiary/aromatic N) is 2. The first-order valence-electron chi connectivity index (χ1n) is 7.69. The van der Waals surface area contributed by atoms with Gasteiger partial charge in [0.1, 0.15) is 12.2 Å². The van der Waals surface area contributed by atoms with Crippen LogP contribution in [0.1, 0.15) is 0 Å². The van der Waals surface area contributed by atoms with E-state index < -0.39 is 18.1 Å². The quantitative estimate of drug-likeness (QED) is 0.673. The van der Waals surface area contributed by atoms with Crippen LogP contribution in [0.2, 0.25) is 0 Å². The van der Waals surface area contributed by atoms with Crippen LogP contribution in [0.25, 0.3) is 0 Å². The van der Waals surface area contributed by atoms with Gasteiger partial charge >= 0.3 is 0 Å². The van der Waals surface area contributed by atoms with Crippen molar-refractivity contribution >= 4 is 23.4 Å². The number of anilines is 1. The number of halogens is 2. The van der Waals surface area contributed by atoms with Crippen LogP contribution in [0.4, 0.5) is 14.5 Å². The van der Waals surface area contributed by atoms with Gasteiger partial charge in [-0.25, -0.2) is 8.78 Å². The van der Waals surface area contributed by atoms with Crippen molar-refractivity contribution < 1.29 is 13.6 Å². The predicted molar refractivity (Wildman–Crippen MR) is 88.0 cm³/mol. The molecule has 7 nitrogen and oxygen atoms in total. The fraction of sp³-hybridized carbons (Fsp3) is 0.571. The topological polar surface area (TPSA) is 78.4 Å². The SMILES string of the molecule is O=C(Nc1cc(F)c(=O)n(CCF)c1)C1CNC(N2CCNC2)S1. The van der Waals surface area contributed by atoms with Gasteiger partial charge in [0.25, 0.3) is 5.56 Å². The molecule has 24 heavy (non-hydrogen) atoms. The number of rotatable bonds is 5. The minimum absolute atomic E-state index is 0.0629. The van der Waals surface area contributed by atoms with Gasteiger partial charge in [-0.15, -0.1) is 11.8 Å². The summed E-state index contributed by atoms with van der Waals surface area (Å²) in [7, 11) is 0. The van der Waals surface area contributed by atoms with Gasteiger partial charge < -0.3 is 15.2 Å². The second-order valence-electron chi connectivity index (χ2n) is 5.61. The Bertz CT molecular complexity index is 665.